The van der Waals surface area contributed by atoms with E-state index in [-0.39, 0.29) is 17.4 Å². The summed E-state index contributed by atoms with van der Waals surface area (Å²) in [6, 6.07) is 0.580. The molecule has 1 aromatic rings. The minimum Gasteiger partial charge on any atom is -0.448 e. The molecule has 3 heterocycles. The van der Waals surface area contributed by atoms with Crippen LogP contribution in [0.4, 0.5) is 0 Å². The lowest BCUT2D eigenvalue weighted by molar-refractivity contribution is -0.135. The Morgan fingerprint density at radius 2 is 2.00 bits per heavy atom. The largest absolute Gasteiger partial charge is 0.448 e. The number of carbonyl (C=O) groups is 2. The van der Waals surface area contributed by atoms with Crippen LogP contribution in [-0.2, 0) is 4.79 Å². The minimum absolute atomic E-state index is 0.178. The van der Waals surface area contributed by atoms with Crippen molar-refractivity contribution in [2.24, 2.45) is 11.3 Å². The summed E-state index contributed by atoms with van der Waals surface area (Å²) < 4.78 is 5.15. The van der Waals surface area contributed by atoms with Crippen LogP contribution in [0.3, 0.4) is 0 Å². The molecule has 2 amide bonds. The number of nitrogens with one attached hydrogen (secondary N) is 1. The van der Waals surface area contributed by atoms with Crippen LogP contribution in [0.1, 0.15) is 75.0 Å². The first-order valence-corrected chi connectivity index (χ1v) is 11.5. The maximum Gasteiger partial charge on any atom is 0.273 e. The predicted molar refractivity (Wildman–Crippen MR) is 114 cm³/mol. The van der Waals surface area contributed by atoms with E-state index in [9.17, 15) is 9.59 Å². The van der Waals surface area contributed by atoms with E-state index in [4.69, 9.17) is 4.42 Å². The standard InChI is InChI=1S/C23H36N4O3/c1-16-21(25-15-30-16)22(29)24-12-19-8-7-18(27(19)13-17-5-6-17)11-20(28)26-10-4-9-23(2,3)14-26/h15,17-19H,4-14H2,1-3H3,(H,24,29)/t18-,19+/m1/s1. The summed E-state index contributed by atoms with van der Waals surface area (Å²) in [5.74, 6) is 1.42. The van der Waals surface area contributed by atoms with Gasteiger partial charge in [-0.3, -0.25) is 14.5 Å². The summed E-state index contributed by atoms with van der Waals surface area (Å²) in [7, 11) is 0. The van der Waals surface area contributed by atoms with E-state index in [0.717, 1.165) is 44.8 Å². The first-order chi connectivity index (χ1) is 14.3. The minimum atomic E-state index is -0.178. The third-order valence-electron chi connectivity index (χ3n) is 7.06. The number of aryl methyl sites for hydroxylation is 1. The zero-order chi connectivity index (χ0) is 21.3. The zero-order valence-corrected chi connectivity index (χ0v) is 18.7. The Hall–Kier alpha value is -1.89. The van der Waals surface area contributed by atoms with Gasteiger partial charge in [0.2, 0.25) is 5.91 Å². The second kappa shape index (κ2) is 8.69. The van der Waals surface area contributed by atoms with Gasteiger partial charge < -0.3 is 14.6 Å². The van der Waals surface area contributed by atoms with E-state index < -0.39 is 0 Å². The molecule has 3 aliphatic rings. The zero-order valence-electron chi connectivity index (χ0n) is 18.7. The molecule has 1 N–H and O–H groups in total. The molecule has 166 valence electrons. The van der Waals surface area contributed by atoms with Gasteiger partial charge in [-0.15, -0.1) is 0 Å². The van der Waals surface area contributed by atoms with Crippen LogP contribution in [0.15, 0.2) is 10.8 Å². The van der Waals surface area contributed by atoms with Gasteiger partial charge in [-0.25, -0.2) is 4.98 Å². The Balaban J connectivity index is 1.35. The molecule has 2 atom stereocenters. The third-order valence-corrected chi connectivity index (χ3v) is 7.06. The second-order valence-corrected chi connectivity index (χ2v) is 10.3. The van der Waals surface area contributed by atoms with Gasteiger partial charge in [0.1, 0.15) is 5.76 Å². The summed E-state index contributed by atoms with van der Waals surface area (Å²) in [4.78, 5) is 34.1. The predicted octanol–water partition coefficient (Wildman–Crippen LogP) is 2.99. The van der Waals surface area contributed by atoms with Crippen molar-refractivity contribution >= 4 is 11.8 Å². The monoisotopic (exact) mass is 416 g/mol. The lowest BCUT2D eigenvalue weighted by Crippen LogP contribution is -2.48. The Labute approximate surface area is 179 Å². The highest BCUT2D eigenvalue weighted by Gasteiger charge is 2.39. The van der Waals surface area contributed by atoms with E-state index in [1.807, 2.05) is 0 Å². The van der Waals surface area contributed by atoms with Crippen molar-refractivity contribution in [1.82, 2.24) is 20.1 Å². The molecular weight excluding hydrogens is 380 g/mol. The molecule has 4 rings (SSSR count). The molecule has 7 heteroatoms. The molecule has 1 aromatic heterocycles. The van der Waals surface area contributed by atoms with E-state index >= 15 is 0 Å². The summed E-state index contributed by atoms with van der Waals surface area (Å²) in [5.41, 5.74) is 0.588. The fourth-order valence-electron chi connectivity index (χ4n) is 5.13. The number of piperidine rings is 1. The number of hydrogen-bond acceptors (Lipinski definition) is 5. The van der Waals surface area contributed by atoms with Crippen molar-refractivity contribution in [1.29, 1.82) is 0 Å². The van der Waals surface area contributed by atoms with Crippen molar-refractivity contribution in [2.75, 3.05) is 26.2 Å². The summed E-state index contributed by atoms with van der Waals surface area (Å²) in [6.07, 6.45) is 8.83. The highest BCUT2D eigenvalue weighted by atomic mass is 16.3. The first kappa shape index (κ1) is 21.3. The second-order valence-electron chi connectivity index (χ2n) is 10.3. The highest BCUT2D eigenvalue weighted by molar-refractivity contribution is 5.93. The molecule has 0 spiro atoms. The topological polar surface area (TPSA) is 78.7 Å². The van der Waals surface area contributed by atoms with Gasteiger partial charge in [-0.2, -0.15) is 0 Å². The van der Waals surface area contributed by atoms with Gasteiger partial charge in [0.25, 0.3) is 5.91 Å². The molecule has 1 aliphatic carbocycles. The highest BCUT2D eigenvalue weighted by Crippen LogP contribution is 2.36. The van der Waals surface area contributed by atoms with E-state index in [0.29, 0.717) is 36.4 Å². The molecule has 0 bridgehead atoms. The molecule has 0 radical (unpaired) electrons. The average molecular weight is 417 g/mol. The van der Waals surface area contributed by atoms with Crippen LogP contribution in [0, 0.1) is 18.3 Å². The smallest absolute Gasteiger partial charge is 0.273 e. The molecular formula is C23H36N4O3. The average Bonchev–Trinajstić information content (AvgIpc) is 3.29. The number of amides is 2. The van der Waals surface area contributed by atoms with E-state index in [1.54, 1.807) is 6.92 Å². The molecule has 1 saturated carbocycles. The van der Waals surface area contributed by atoms with E-state index in [2.05, 4.69) is 33.9 Å². The fourth-order valence-corrected chi connectivity index (χ4v) is 5.13. The Kier molecular flexibility index (Phi) is 6.19. The van der Waals surface area contributed by atoms with Crippen molar-refractivity contribution in [2.45, 2.75) is 77.8 Å². The van der Waals surface area contributed by atoms with Crippen LogP contribution in [0.25, 0.3) is 0 Å². The lowest BCUT2D eigenvalue weighted by atomic mass is 9.84. The number of nitrogens with zero attached hydrogens (tertiary/aromatic N) is 3. The van der Waals surface area contributed by atoms with Crippen molar-refractivity contribution in [3.05, 3.63) is 17.8 Å². The van der Waals surface area contributed by atoms with Gasteiger partial charge in [0, 0.05) is 44.7 Å². The summed E-state index contributed by atoms with van der Waals surface area (Å²) in [6.45, 7) is 9.69. The maximum atomic E-state index is 13.1. The van der Waals surface area contributed by atoms with Crippen molar-refractivity contribution < 1.29 is 14.0 Å². The van der Waals surface area contributed by atoms with Gasteiger partial charge in [0.05, 0.1) is 0 Å². The van der Waals surface area contributed by atoms with Crippen LogP contribution >= 0.6 is 0 Å². The van der Waals surface area contributed by atoms with Crippen molar-refractivity contribution in [3.8, 4) is 0 Å². The molecule has 0 aromatic carbocycles. The third kappa shape index (κ3) is 5.05. The number of oxazole rings is 1. The molecule has 2 saturated heterocycles. The quantitative estimate of drug-likeness (QED) is 0.739. The Morgan fingerprint density at radius 1 is 1.23 bits per heavy atom. The fraction of sp³-hybridized carbons (Fsp3) is 0.783. The van der Waals surface area contributed by atoms with Crippen molar-refractivity contribution in [3.63, 3.8) is 0 Å². The van der Waals surface area contributed by atoms with Gasteiger partial charge in [-0.05, 0) is 56.8 Å². The number of carbonyl (C=O) groups excluding carboxylic acids is 2. The molecule has 2 aliphatic heterocycles. The SMILES string of the molecule is Cc1ocnc1C(=O)NC[C@@H]1CC[C@H](CC(=O)N2CCCC(C)(C)C2)N1CC1CC1. The van der Waals surface area contributed by atoms with Gasteiger partial charge in [0.15, 0.2) is 12.1 Å². The summed E-state index contributed by atoms with van der Waals surface area (Å²) in [5, 5.41) is 3.04. The first-order valence-electron chi connectivity index (χ1n) is 11.5. The molecule has 3 fully saturated rings. The Bertz CT molecular complexity index is 770. The summed E-state index contributed by atoms with van der Waals surface area (Å²) >= 11 is 0. The number of likely N-dealkylation sites (tertiary alicyclic amines) is 2. The van der Waals surface area contributed by atoms with Crippen LogP contribution < -0.4 is 5.32 Å². The normalized spacial score (nSPS) is 26.7. The van der Waals surface area contributed by atoms with Gasteiger partial charge >= 0.3 is 0 Å². The van der Waals surface area contributed by atoms with Gasteiger partial charge in [-0.1, -0.05) is 13.8 Å². The Morgan fingerprint density at radius 3 is 2.67 bits per heavy atom. The number of aromatic nitrogens is 1. The molecule has 0 unspecified atom stereocenters. The lowest BCUT2D eigenvalue weighted by Gasteiger charge is -2.39. The number of rotatable bonds is 7. The number of hydrogen-bond donors (Lipinski definition) is 1. The van der Waals surface area contributed by atoms with Crippen LogP contribution in [0.5, 0.6) is 0 Å². The molecule has 7 nitrogen and oxygen atoms in total. The van der Waals surface area contributed by atoms with E-state index in [1.165, 1.54) is 25.7 Å². The van der Waals surface area contributed by atoms with Crippen LogP contribution in [0.2, 0.25) is 0 Å². The van der Waals surface area contributed by atoms with Crippen LogP contribution in [-0.4, -0.2) is 64.9 Å². The molecule has 30 heavy (non-hydrogen) atoms. The maximum absolute atomic E-state index is 13.1.